The molecule has 0 saturated heterocycles. The van der Waals surface area contributed by atoms with Crippen molar-refractivity contribution in [3.05, 3.63) is 10.7 Å². The molecule has 4 heteroatoms. The van der Waals surface area contributed by atoms with E-state index in [1.165, 1.54) is 0 Å². The zero-order valence-electron chi connectivity index (χ0n) is 4.95. The highest BCUT2D eigenvalue weighted by atomic mass is 79.9. The van der Waals surface area contributed by atoms with Crippen LogP contribution < -0.4 is 0 Å². The van der Waals surface area contributed by atoms with E-state index in [9.17, 15) is 0 Å². The lowest BCUT2D eigenvalue weighted by Gasteiger charge is -2.23. The fourth-order valence-electron chi connectivity index (χ4n) is 0.509. The molecule has 1 atom stereocenters. The van der Waals surface area contributed by atoms with E-state index in [0.717, 1.165) is 4.61 Å². The van der Waals surface area contributed by atoms with Crippen LogP contribution in [0, 0.1) is 0 Å². The Labute approximate surface area is 61.8 Å². The summed E-state index contributed by atoms with van der Waals surface area (Å²) in [7, 11) is 1.75. The second-order valence-corrected chi connectivity index (χ2v) is 2.56. The minimum atomic E-state index is -0.732. The topological polar surface area (TPSA) is 35.8 Å². The number of aliphatic hydroxyl groups excluding tert-OH is 1. The molecule has 3 nitrogen and oxygen atoms in total. The van der Waals surface area contributed by atoms with E-state index in [4.69, 9.17) is 5.11 Å². The number of hydrogen-bond acceptors (Lipinski definition) is 3. The van der Waals surface area contributed by atoms with Gasteiger partial charge in [-0.25, -0.2) is 4.99 Å². The lowest BCUT2D eigenvalue weighted by atomic mass is 10.5. The number of rotatable bonds is 0. The summed E-state index contributed by atoms with van der Waals surface area (Å²) in [5.41, 5.74) is 0. The number of nitrogens with zero attached hydrogens (tertiary/aromatic N) is 2. The summed E-state index contributed by atoms with van der Waals surface area (Å²) in [5.74, 6) is 0. The Hall–Kier alpha value is -0.350. The van der Waals surface area contributed by atoms with Crippen LogP contribution in [0.25, 0.3) is 0 Å². The quantitative estimate of drug-likeness (QED) is 0.566. The number of allylic oxidation sites excluding steroid dienone is 1. The molecule has 0 aromatic carbocycles. The second kappa shape index (κ2) is 2.49. The summed E-state index contributed by atoms with van der Waals surface area (Å²) in [5, 5.41) is 9.01. The van der Waals surface area contributed by atoms with Crippen molar-refractivity contribution < 1.29 is 5.11 Å². The largest absolute Gasteiger partial charge is 0.355 e. The minimum absolute atomic E-state index is 0.732. The molecule has 1 N–H and O–H groups in total. The smallest absolute Gasteiger partial charge is 0.225 e. The van der Waals surface area contributed by atoms with E-state index in [1.54, 1.807) is 24.2 Å². The molecular formula is C5H7BrN2O. The van der Waals surface area contributed by atoms with Gasteiger partial charge in [0.1, 0.15) is 0 Å². The van der Waals surface area contributed by atoms with Crippen LogP contribution in [0.4, 0.5) is 0 Å². The zero-order valence-corrected chi connectivity index (χ0v) is 6.54. The van der Waals surface area contributed by atoms with Gasteiger partial charge < -0.3 is 10.0 Å². The second-order valence-electron chi connectivity index (χ2n) is 1.74. The predicted octanol–water partition coefficient (Wildman–Crippen LogP) is 0.515. The lowest BCUT2D eigenvalue weighted by Crippen LogP contribution is -2.29. The van der Waals surface area contributed by atoms with Crippen molar-refractivity contribution in [1.29, 1.82) is 0 Å². The summed E-state index contributed by atoms with van der Waals surface area (Å²) in [4.78, 5) is 5.32. The van der Waals surface area contributed by atoms with Gasteiger partial charge in [-0.3, -0.25) is 0 Å². The van der Waals surface area contributed by atoms with Gasteiger partial charge in [0, 0.05) is 13.3 Å². The fourth-order valence-corrected chi connectivity index (χ4v) is 0.811. The van der Waals surface area contributed by atoms with Crippen molar-refractivity contribution in [3.63, 3.8) is 0 Å². The van der Waals surface area contributed by atoms with Crippen molar-refractivity contribution in [2.75, 3.05) is 7.05 Å². The van der Waals surface area contributed by atoms with Gasteiger partial charge >= 0.3 is 0 Å². The normalized spacial score (nSPS) is 26.3. The summed E-state index contributed by atoms with van der Waals surface area (Å²) in [6.45, 7) is 0. The Bertz CT molecular complexity index is 166. The first-order valence-electron chi connectivity index (χ1n) is 2.51. The van der Waals surface area contributed by atoms with Crippen LogP contribution in [0.1, 0.15) is 0 Å². The molecule has 1 aliphatic heterocycles. The summed E-state index contributed by atoms with van der Waals surface area (Å²) in [6.07, 6.45) is 2.60. The number of aliphatic hydroxyl groups is 1. The van der Waals surface area contributed by atoms with Crippen LogP contribution in [0.15, 0.2) is 15.7 Å². The predicted molar refractivity (Wildman–Crippen MR) is 39.3 cm³/mol. The van der Waals surface area contributed by atoms with Gasteiger partial charge in [0.25, 0.3) is 0 Å². The maximum atomic E-state index is 9.01. The maximum Gasteiger partial charge on any atom is 0.225 e. The SMILES string of the molecule is CN1C(Br)=CC=NC1O. The van der Waals surface area contributed by atoms with Crippen molar-refractivity contribution in [2.24, 2.45) is 4.99 Å². The molecule has 0 bridgehead atoms. The Morgan fingerprint density at radius 2 is 2.56 bits per heavy atom. The molecule has 1 rings (SSSR count). The first kappa shape index (κ1) is 6.77. The average Bonchev–Trinajstić information content (AvgIpc) is 1.83. The number of hydrogen-bond donors (Lipinski definition) is 1. The van der Waals surface area contributed by atoms with Crippen LogP contribution in [0.2, 0.25) is 0 Å². The van der Waals surface area contributed by atoms with Crippen LogP contribution in [-0.2, 0) is 0 Å². The van der Waals surface area contributed by atoms with E-state index in [1.807, 2.05) is 0 Å². The van der Waals surface area contributed by atoms with Crippen LogP contribution in [0.5, 0.6) is 0 Å². The molecule has 0 radical (unpaired) electrons. The van der Waals surface area contributed by atoms with E-state index >= 15 is 0 Å². The Morgan fingerprint density at radius 1 is 1.89 bits per heavy atom. The van der Waals surface area contributed by atoms with Gasteiger partial charge in [-0.2, -0.15) is 0 Å². The molecule has 1 unspecified atom stereocenters. The molecule has 0 fully saturated rings. The average molecular weight is 191 g/mol. The summed E-state index contributed by atoms with van der Waals surface area (Å²) in [6, 6.07) is 0. The number of aliphatic imine (C=N–C) groups is 1. The lowest BCUT2D eigenvalue weighted by molar-refractivity contribution is 0.0603. The van der Waals surface area contributed by atoms with Crippen molar-refractivity contribution in [2.45, 2.75) is 6.35 Å². The van der Waals surface area contributed by atoms with Gasteiger partial charge in [0.2, 0.25) is 6.35 Å². The van der Waals surface area contributed by atoms with Crippen molar-refractivity contribution >= 4 is 22.1 Å². The summed E-state index contributed by atoms with van der Waals surface area (Å²) >= 11 is 3.23. The zero-order chi connectivity index (χ0) is 6.85. The highest BCUT2D eigenvalue weighted by Gasteiger charge is 2.11. The first-order valence-corrected chi connectivity index (χ1v) is 3.31. The standard InChI is InChI=1S/C5H7BrN2O/c1-8-4(6)2-3-7-5(8)9/h2-3,5,9H,1H3. The van der Waals surface area contributed by atoms with E-state index in [-0.39, 0.29) is 0 Å². The minimum Gasteiger partial charge on any atom is -0.355 e. The highest BCUT2D eigenvalue weighted by Crippen LogP contribution is 2.14. The number of halogens is 1. The van der Waals surface area contributed by atoms with Gasteiger partial charge in [-0.1, -0.05) is 0 Å². The third-order valence-corrected chi connectivity index (χ3v) is 1.94. The Balaban J connectivity index is 2.73. The third-order valence-electron chi connectivity index (χ3n) is 1.11. The Morgan fingerprint density at radius 3 is 3.00 bits per heavy atom. The molecule has 9 heavy (non-hydrogen) atoms. The molecule has 0 aromatic heterocycles. The first-order chi connectivity index (χ1) is 4.22. The van der Waals surface area contributed by atoms with Gasteiger partial charge in [-0.05, 0) is 22.0 Å². The molecule has 1 aliphatic rings. The van der Waals surface area contributed by atoms with Crippen LogP contribution >= 0.6 is 15.9 Å². The highest BCUT2D eigenvalue weighted by molar-refractivity contribution is 9.11. The molecule has 0 amide bonds. The van der Waals surface area contributed by atoms with Crippen molar-refractivity contribution in [1.82, 2.24) is 4.90 Å². The van der Waals surface area contributed by atoms with Gasteiger partial charge in [0.15, 0.2) is 0 Å². The molecule has 0 aromatic rings. The Kier molecular flexibility index (Phi) is 1.87. The molecular weight excluding hydrogens is 184 g/mol. The summed E-state index contributed by atoms with van der Waals surface area (Å²) < 4.78 is 0.838. The molecule has 0 spiro atoms. The third kappa shape index (κ3) is 1.31. The van der Waals surface area contributed by atoms with Gasteiger partial charge in [-0.15, -0.1) is 0 Å². The van der Waals surface area contributed by atoms with Crippen LogP contribution in [0.3, 0.4) is 0 Å². The molecule has 1 heterocycles. The van der Waals surface area contributed by atoms with Crippen LogP contribution in [-0.4, -0.2) is 29.6 Å². The maximum absolute atomic E-state index is 9.01. The van der Waals surface area contributed by atoms with Crippen molar-refractivity contribution in [3.8, 4) is 0 Å². The van der Waals surface area contributed by atoms with Gasteiger partial charge in [0.05, 0.1) is 4.61 Å². The molecule has 0 saturated carbocycles. The monoisotopic (exact) mass is 190 g/mol. The molecule has 50 valence electrons. The van der Waals surface area contributed by atoms with E-state index in [0.29, 0.717) is 0 Å². The van der Waals surface area contributed by atoms with E-state index < -0.39 is 6.35 Å². The fraction of sp³-hybridized carbons (Fsp3) is 0.400. The van der Waals surface area contributed by atoms with E-state index in [2.05, 4.69) is 20.9 Å². The molecule has 0 aliphatic carbocycles.